The molecule has 2 nitrogen and oxygen atoms in total. The summed E-state index contributed by atoms with van der Waals surface area (Å²) < 4.78 is 0. The van der Waals surface area contributed by atoms with E-state index in [0.29, 0.717) is 0 Å². The van der Waals surface area contributed by atoms with Gasteiger partial charge < -0.3 is 4.90 Å². The summed E-state index contributed by atoms with van der Waals surface area (Å²) in [5.74, 6) is 0. The molecule has 0 atom stereocenters. The SMILES string of the molecule is CCN(C=CC(=O)Cl)CC. The monoisotopic (exact) mass is 161 g/mol. The van der Waals surface area contributed by atoms with Crippen LogP contribution in [0.1, 0.15) is 13.8 Å². The van der Waals surface area contributed by atoms with Gasteiger partial charge in [-0.15, -0.1) is 0 Å². The van der Waals surface area contributed by atoms with Crippen molar-refractivity contribution in [2.24, 2.45) is 0 Å². The van der Waals surface area contributed by atoms with E-state index in [1.54, 1.807) is 6.20 Å². The molecule has 3 heteroatoms. The highest BCUT2D eigenvalue weighted by Gasteiger charge is 1.90. The number of carbonyl (C=O) groups excluding carboxylic acids is 1. The van der Waals surface area contributed by atoms with Crippen molar-refractivity contribution in [2.75, 3.05) is 13.1 Å². The molecule has 0 rings (SSSR count). The quantitative estimate of drug-likeness (QED) is 0.461. The first-order valence-electron chi connectivity index (χ1n) is 3.32. The van der Waals surface area contributed by atoms with Gasteiger partial charge in [-0.05, 0) is 25.4 Å². The number of carbonyl (C=O) groups is 1. The lowest BCUT2D eigenvalue weighted by atomic mass is 10.5. The molecule has 0 N–H and O–H groups in total. The Hall–Kier alpha value is -0.500. The minimum atomic E-state index is -0.424. The number of nitrogens with zero attached hydrogens (tertiary/aromatic N) is 1. The predicted molar refractivity (Wildman–Crippen MR) is 42.9 cm³/mol. The zero-order valence-electron chi connectivity index (χ0n) is 6.30. The molecule has 0 radical (unpaired) electrons. The molecule has 0 heterocycles. The maximum atomic E-state index is 10.2. The van der Waals surface area contributed by atoms with Gasteiger partial charge in [0.05, 0.1) is 0 Å². The second kappa shape index (κ2) is 5.30. The Morgan fingerprint density at radius 3 is 2.30 bits per heavy atom. The third-order valence-corrected chi connectivity index (χ3v) is 1.35. The lowest BCUT2D eigenvalue weighted by Gasteiger charge is -2.13. The minimum absolute atomic E-state index is 0.424. The van der Waals surface area contributed by atoms with Gasteiger partial charge in [-0.1, -0.05) is 0 Å². The molecule has 0 aliphatic heterocycles. The van der Waals surface area contributed by atoms with Crippen molar-refractivity contribution >= 4 is 16.8 Å². The maximum absolute atomic E-state index is 10.2. The Kier molecular flexibility index (Phi) is 5.03. The zero-order valence-corrected chi connectivity index (χ0v) is 7.06. The lowest BCUT2D eigenvalue weighted by molar-refractivity contribution is -0.107. The summed E-state index contributed by atoms with van der Waals surface area (Å²) in [5, 5.41) is -0.424. The summed E-state index contributed by atoms with van der Waals surface area (Å²) in [5.41, 5.74) is 0. The number of hydrogen-bond acceptors (Lipinski definition) is 2. The first-order valence-corrected chi connectivity index (χ1v) is 3.70. The van der Waals surface area contributed by atoms with Crippen LogP contribution in [0.4, 0.5) is 0 Å². The molecule has 10 heavy (non-hydrogen) atoms. The first kappa shape index (κ1) is 9.50. The van der Waals surface area contributed by atoms with E-state index in [2.05, 4.69) is 0 Å². The van der Waals surface area contributed by atoms with Crippen LogP contribution in [0.3, 0.4) is 0 Å². The fourth-order valence-corrected chi connectivity index (χ4v) is 0.655. The number of hydrogen-bond donors (Lipinski definition) is 0. The molecule has 0 aromatic rings. The Morgan fingerprint density at radius 1 is 1.50 bits per heavy atom. The van der Waals surface area contributed by atoms with Crippen molar-refractivity contribution < 1.29 is 4.79 Å². The topological polar surface area (TPSA) is 20.3 Å². The highest BCUT2D eigenvalue weighted by atomic mass is 35.5. The third kappa shape index (κ3) is 4.39. The fourth-order valence-electron chi connectivity index (χ4n) is 0.598. The molecule has 0 spiro atoms. The van der Waals surface area contributed by atoms with Crippen LogP contribution < -0.4 is 0 Å². The summed E-state index contributed by atoms with van der Waals surface area (Å²) in [6.07, 6.45) is 3.06. The Morgan fingerprint density at radius 2 is 2.00 bits per heavy atom. The van der Waals surface area contributed by atoms with E-state index in [-0.39, 0.29) is 0 Å². The van der Waals surface area contributed by atoms with E-state index < -0.39 is 5.24 Å². The van der Waals surface area contributed by atoms with Gasteiger partial charge in [0.1, 0.15) is 0 Å². The normalized spacial score (nSPS) is 10.3. The molecule has 0 saturated carbocycles. The standard InChI is InChI=1S/C7H12ClNO/c1-3-9(4-2)6-5-7(8)10/h5-6H,3-4H2,1-2H3. The largest absolute Gasteiger partial charge is 0.378 e. The summed E-state index contributed by atoms with van der Waals surface area (Å²) in [4.78, 5) is 12.2. The van der Waals surface area contributed by atoms with Crippen LogP contribution in [0.5, 0.6) is 0 Å². The Balaban J connectivity index is 3.72. The van der Waals surface area contributed by atoms with Crippen LogP contribution in [0.2, 0.25) is 0 Å². The van der Waals surface area contributed by atoms with Crippen molar-refractivity contribution in [3.8, 4) is 0 Å². The van der Waals surface area contributed by atoms with Crippen LogP contribution in [0.25, 0.3) is 0 Å². The molecule has 0 unspecified atom stereocenters. The van der Waals surface area contributed by atoms with Gasteiger partial charge in [0.25, 0.3) is 0 Å². The Labute approximate surface area is 66.5 Å². The summed E-state index contributed by atoms with van der Waals surface area (Å²) in [6.45, 7) is 5.84. The fraction of sp³-hybridized carbons (Fsp3) is 0.571. The number of halogens is 1. The molecular weight excluding hydrogens is 150 g/mol. The molecular formula is C7H12ClNO. The third-order valence-electron chi connectivity index (χ3n) is 1.23. The zero-order chi connectivity index (χ0) is 7.98. The Bertz CT molecular complexity index is 130. The molecule has 0 aliphatic carbocycles. The average Bonchev–Trinajstić information content (AvgIpc) is 1.90. The van der Waals surface area contributed by atoms with Crippen molar-refractivity contribution in [2.45, 2.75) is 13.8 Å². The van der Waals surface area contributed by atoms with E-state index in [0.717, 1.165) is 13.1 Å². The van der Waals surface area contributed by atoms with E-state index in [9.17, 15) is 4.79 Å². The average molecular weight is 162 g/mol. The van der Waals surface area contributed by atoms with Crippen molar-refractivity contribution in [1.82, 2.24) is 4.90 Å². The van der Waals surface area contributed by atoms with Crippen molar-refractivity contribution in [3.63, 3.8) is 0 Å². The van der Waals surface area contributed by atoms with Crippen molar-refractivity contribution in [1.29, 1.82) is 0 Å². The van der Waals surface area contributed by atoms with Gasteiger partial charge in [0.2, 0.25) is 5.24 Å². The number of rotatable bonds is 4. The summed E-state index contributed by atoms with van der Waals surface area (Å²) in [7, 11) is 0. The molecule has 0 bridgehead atoms. The summed E-state index contributed by atoms with van der Waals surface area (Å²) in [6, 6.07) is 0. The molecule has 0 aliphatic rings. The van der Waals surface area contributed by atoms with Crippen molar-refractivity contribution in [3.05, 3.63) is 12.3 Å². The van der Waals surface area contributed by atoms with Crippen LogP contribution in [-0.4, -0.2) is 23.2 Å². The van der Waals surface area contributed by atoms with Gasteiger partial charge in [-0.3, -0.25) is 4.79 Å². The van der Waals surface area contributed by atoms with Gasteiger partial charge in [-0.25, -0.2) is 0 Å². The minimum Gasteiger partial charge on any atom is -0.378 e. The highest BCUT2D eigenvalue weighted by molar-refractivity contribution is 6.66. The first-order chi connectivity index (χ1) is 4.70. The smallest absolute Gasteiger partial charge is 0.246 e. The van der Waals surface area contributed by atoms with Crippen LogP contribution >= 0.6 is 11.6 Å². The number of allylic oxidation sites excluding steroid dienone is 1. The highest BCUT2D eigenvalue weighted by Crippen LogP contribution is 1.90. The molecule has 0 aromatic carbocycles. The molecule has 58 valence electrons. The van der Waals surface area contributed by atoms with Crippen LogP contribution in [0.15, 0.2) is 12.3 Å². The molecule has 0 aromatic heterocycles. The second-order valence-corrected chi connectivity index (χ2v) is 2.21. The summed E-state index contributed by atoms with van der Waals surface area (Å²) >= 11 is 5.08. The van der Waals surface area contributed by atoms with E-state index in [1.165, 1.54) is 6.08 Å². The molecule has 0 saturated heterocycles. The van der Waals surface area contributed by atoms with Gasteiger partial charge in [0, 0.05) is 25.4 Å². The van der Waals surface area contributed by atoms with E-state index in [4.69, 9.17) is 11.6 Å². The lowest BCUT2D eigenvalue weighted by Crippen LogP contribution is -2.15. The van der Waals surface area contributed by atoms with E-state index in [1.807, 2.05) is 18.7 Å². The molecule has 0 fully saturated rings. The van der Waals surface area contributed by atoms with Gasteiger partial charge in [-0.2, -0.15) is 0 Å². The molecule has 0 amide bonds. The predicted octanol–water partition coefficient (Wildman–Crippen LogP) is 1.61. The van der Waals surface area contributed by atoms with Gasteiger partial charge >= 0.3 is 0 Å². The van der Waals surface area contributed by atoms with Gasteiger partial charge in [0.15, 0.2) is 0 Å². The van der Waals surface area contributed by atoms with Crippen LogP contribution in [0, 0.1) is 0 Å². The maximum Gasteiger partial charge on any atom is 0.246 e. The van der Waals surface area contributed by atoms with Crippen LogP contribution in [-0.2, 0) is 4.79 Å². The van der Waals surface area contributed by atoms with E-state index >= 15 is 0 Å². The second-order valence-electron chi connectivity index (χ2n) is 1.84.